The summed E-state index contributed by atoms with van der Waals surface area (Å²) < 4.78 is 13.3. The van der Waals surface area contributed by atoms with Crippen molar-refractivity contribution in [2.45, 2.75) is 38.6 Å². The number of carbonyl (C=O) groups is 1. The molecular weight excluding hydrogens is 293 g/mol. The van der Waals surface area contributed by atoms with Crippen molar-refractivity contribution in [3.05, 3.63) is 29.6 Å². The zero-order valence-electron chi connectivity index (χ0n) is 13.8. The van der Waals surface area contributed by atoms with Crippen LogP contribution in [0.4, 0.5) is 10.1 Å². The van der Waals surface area contributed by atoms with E-state index in [0.29, 0.717) is 6.54 Å². The van der Waals surface area contributed by atoms with Crippen LogP contribution < -0.4 is 15.5 Å². The molecule has 23 heavy (non-hydrogen) atoms. The first-order valence-corrected chi connectivity index (χ1v) is 8.63. The predicted octanol–water partition coefficient (Wildman–Crippen LogP) is 2.22. The molecule has 1 unspecified atom stereocenters. The molecule has 5 heteroatoms. The zero-order chi connectivity index (χ0) is 16.2. The lowest BCUT2D eigenvalue weighted by Gasteiger charge is -2.35. The lowest BCUT2D eigenvalue weighted by molar-refractivity contribution is -0.121. The fourth-order valence-electron chi connectivity index (χ4n) is 3.28. The monoisotopic (exact) mass is 319 g/mol. The van der Waals surface area contributed by atoms with E-state index in [1.807, 2.05) is 13.0 Å². The van der Waals surface area contributed by atoms with Crippen LogP contribution in [-0.2, 0) is 4.79 Å². The lowest BCUT2D eigenvalue weighted by Crippen LogP contribution is -2.50. The SMILES string of the molecule is Cc1cc(F)ccc1N1CCCC(NC(=O)CNCC2CC2)C1. The van der Waals surface area contributed by atoms with E-state index in [2.05, 4.69) is 15.5 Å². The number of nitrogens with zero attached hydrogens (tertiary/aromatic N) is 1. The third-order valence-corrected chi connectivity index (χ3v) is 4.70. The normalized spacial score (nSPS) is 21.3. The van der Waals surface area contributed by atoms with Gasteiger partial charge in [0.05, 0.1) is 6.54 Å². The highest BCUT2D eigenvalue weighted by atomic mass is 19.1. The van der Waals surface area contributed by atoms with E-state index in [-0.39, 0.29) is 17.8 Å². The molecule has 1 atom stereocenters. The summed E-state index contributed by atoms with van der Waals surface area (Å²) in [7, 11) is 0. The van der Waals surface area contributed by atoms with Crippen LogP contribution in [0.25, 0.3) is 0 Å². The third-order valence-electron chi connectivity index (χ3n) is 4.70. The molecule has 0 bridgehead atoms. The summed E-state index contributed by atoms with van der Waals surface area (Å²) in [4.78, 5) is 14.3. The number of hydrogen-bond donors (Lipinski definition) is 2. The molecule has 2 aliphatic rings. The average molecular weight is 319 g/mol. The Hall–Kier alpha value is -1.62. The zero-order valence-corrected chi connectivity index (χ0v) is 13.8. The lowest BCUT2D eigenvalue weighted by atomic mass is 10.0. The highest BCUT2D eigenvalue weighted by molar-refractivity contribution is 5.78. The molecule has 1 aliphatic carbocycles. The van der Waals surface area contributed by atoms with Gasteiger partial charge in [-0.1, -0.05) is 0 Å². The Morgan fingerprint density at radius 1 is 1.35 bits per heavy atom. The Balaban J connectivity index is 1.49. The summed E-state index contributed by atoms with van der Waals surface area (Å²) in [5.74, 6) is 0.664. The van der Waals surface area contributed by atoms with Crippen molar-refractivity contribution in [1.82, 2.24) is 10.6 Å². The van der Waals surface area contributed by atoms with Crippen molar-refractivity contribution in [1.29, 1.82) is 0 Å². The van der Waals surface area contributed by atoms with Gasteiger partial charge in [0, 0.05) is 24.8 Å². The molecule has 1 heterocycles. The van der Waals surface area contributed by atoms with E-state index in [1.54, 1.807) is 6.07 Å². The maximum Gasteiger partial charge on any atom is 0.234 e. The van der Waals surface area contributed by atoms with Gasteiger partial charge in [0.1, 0.15) is 5.82 Å². The number of benzene rings is 1. The van der Waals surface area contributed by atoms with Gasteiger partial charge in [-0.15, -0.1) is 0 Å². The third kappa shape index (κ3) is 4.67. The molecule has 0 spiro atoms. The maximum absolute atomic E-state index is 13.3. The van der Waals surface area contributed by atoms with Crippen LogP contribution in [0, 0.1) is 18.7 Å². The molecule has 1 aromatic rings. The second-order valence-corrected chi connectivity index (χ2v) is 6.86. The molecule has 0 aromatic heterocycles. The number of piperidine rings is 1. The second-order valence-electron chi connectivity index (χ2n) is 6.86. The highest BCUT2D eigenvalue weighted by Gasteiger charge is 2.23. The van der Waals surface area contributed by atoms with Crippen LogP contribution in [0.15, 0.2) is 18.2 Å². The minimum atomic E-state index is -0.199. The van der Waals surface area contributed by atoms with Crippen molar-refractivity contribution >= 4 is 11.6 Å². The Morgan fingerprint density at radius 2 is 2.17 bits per heavy atom. The van der Waals surface area contributed by atoms with Crippen LogP contribution >= 0.6 is 0 Å². The molecule has 1 aliphatic heterocycles. The number of carbonyl (C=O) groups excluding carboxylic acids is 1. The molecule has 2 fully saturated rings. The summed E-state index contributed by atoms with van der Waals surface area (Å²) in [5, 5.41) is 6.35. The van der Waals surface area contributed by atoms with Crippen LogP contribution in [0.2, 0.25) is 0 Å². The van der Waals surface area contributed by atoms with E-state index in [1.165, 1.54) is 18.9 Å². The number of halogens is 1. The number of rotatable bonds is 6. The molecule has 126 valence electrons. The minimum absolute atomic E-state index is 0.0772. The Kier molecular flexibility index (Phi) is 5.16. The number of anilines is 1. The minimum Gasteiger partial charge on any atom is -0.369 e. The fraction of sp³-hybridized carbons (Fsp3) is 0.611. The highest BCUT2D eigenvalue weighted by Crippen LogP contribution is 2.27. The number of hydrogen-bond acceptors (Lipinski definition) is 3. The van der Waals surface area contributed by atoms with Gasteiger partial charge >= 0.3 is 0 Å². The first-order chi connectivity index (χ1) is 11.1. The summed E-state index contributed by atoms with van der Waals surface area (Å²) >= 11 is 0. The van der Waals surface area contributed by atoms with Gasteiger partial charge < -0.3 is 15.5 Å². The first kappa shape index (κ1) is 16.2. The van der Waals surface area contributed by atoms with Gasteiger partial charge in [-0.05, 0) is 68.8 Å². The van der Waals surface area contributed by atoms with E-state index in [4.69, 9.17) is 0 Å². The standard InChI is InChI=1S/C18H26FN3O/c1-13-9-15(19)6-7-17(13)22-8-2-3-16(12-22)21-18(23)11-20-10-14-4-5-14/h6-7,9,14,16,20H,2-5,8,10-12H2,1H3,(H,21,23). The van der Waals surface area contributed by atoms with Gasteiger partial charge in [0.2, 0.25) is 5.91 Å². The molecule has 4 nitrogen and oxygen atoms in total. The molecule has 1 aromatic carbocycles. The predicted molar refractivity (Wildman–Crippen MR) is 90.1 cm³/mol. The summed E-state index contributed by atoms with van der Waals surface area (Å²) in [6, 6.07) is 5.08. The molecule has 3 rings (SSSR count). The van der Waals surface area contributed by atoms with Crippen LogP contribution in [0.5, 0.6) is 0 Å². The second kappa shape index (κ2) is 7.30. The van der Waals surface area contributed by atoms with E-state index < -0.39 is 0 Å². The van der Waals surface area contributed by atoms with Crippen molar-refractivity contribution in [3.63, 3.8) is 0 Å². The van der Waals surface area contributed by atoms with Crippen LogP contribution in [0.1, 0.15) is 31.2 Å². The van der Waals surface area contributed by atoms with Crippen LogP contribution in [0.3, 0.4) is 0 Å². The molecule has 1 amide bonds. The number of amides is 1. The molecule has 1 saturated carbocycles. The quantitative estimate of drug-likeness (QED) is 0.845. The van der Waals surface area contributed by atoms with Crippen molar-refractivity contribution in [3.8, 4) is 0 Å². The van der Waals surface area contributed by atoms with Crippen molar-refractivity contribution in [2.75, 3.05) is 31.1 Å². The van der Waals surface area contributed by atoms with Gasteiger partial charge in [-0.25, -0.2) is 4.39 Å². The largest absolute Gasteiger partial charge is 0.369 e. The number of aryl methyl sites for hydroxylation is 1. The molecular formula is C18H26FN3O. The van der Waals surface area contributed by atoms with Gasteiger partial charge in [-0.3, -0.25) is 4.79 Å². The van der Waals surface area contributed by atoms with E-state index >= 15 is 0 Å². The number of nitrogens with one attached hydrogen (secondary N) is 2. The van der Waals surface area contributed by atoms with Gasteiger partial charge in [-0.2, -0.15) is 0 Å². The Labute approximate surface area is 137 Å². The fourth-order valence-corrected chi connectivity index (χ4v) is 3.28. The smallest absolute Gasteiger partial charge is 0.234 e. The van der Waals surface area contributed by atoms with Crippen molar-refractivity contribution in [2.24, 2.45) is 5.92 Å². The van der Waals surface area contributed by atoms with Crippen LogP contribution in [-0.4, -0.2) is 38.1 Å². The summed E-state index contributed by atoms with van der Waals surface area (Å²) in [6.45, 7) is 5.05. The van der Waals surface area contributed by atoms with E-state index in [9.17, 15) is 9.18 Å². The Morgan fingerprint density at radius 3 is 2.91 bits per heavy atom. The molecule has 0 radical (unpaired) electrons. The summed E-state index contributed by atoms with van der Waals surface area (Å²) in [6.07, 6.45) is 4.63. The van der Waals surface area contributed by atoms with E-state index in [0.717, 1.165) is 49.6 Å². The Bertz CT molecular complexity index is 559. The first-order valence-electron chi connectivity index (χ1n) is 8.63. The maximum atomic E-state index is 13.3. The van der Waals surface area contributed by atoms with Gasteiger partial charge in [0.15, 0.2) is 0 Å². The summed E-state index contributed by atoms with van der Waals surface area (Å²) in [5.41, 5.74) is 2.01. The van der Waals surface area contributed by atoms with Crippen molar-refractivity contribution < 1.29 is 9.18 Å². The van der Waals surface area contributed by atoms with Gasteiger partial charge in [0.25, 0.3) is 0 Å². The molecule has 2 N–H and O–H groups in total. The average Bonchev–Trinajstić information content (AvgIpc) is 3.31. The topological polar surface area (TPSA) is 44.4 Å². The molecule has 1 saturated heterocycles.